The van der Waals surface area contributed by atoms with Crippen LogP contribution < -0.4 is 10.0 Å². The Balaban J connectivity index is 1.67. The van der Waals surface area contributed by atoms with Crippen LogP contribution in [-0.4, -0.2) is 20.4 Å². The second kappa shape index (κ2) is 8.23. The van der Waals surface area contributed by atoms with Gasteiger partial charge in [0, 0.05) is 17.3 Å². The van der Waals surface area contributed by atoms with E-state index in [4.69, 9.17) is 0 Å². The summed E-state index contributed by atoms with van der Waals surface area (Å²) in [5.74, 6) is -0.214. The molecule has 0 heterocycles. The average Bonchev–Trinajstić information content (AvgIpc) is 2.65. The van der Waals surface area contributed by atoms with Gasteiger partial charge in [-0.1, -0.05) is 25.3 Å². The molecule has 0 aromatic heterocycles. The number of nitrogens with one attached hydrogen (secondary N) is 2. The maximum atomic E-state index is 12.5. The van der Waals surface area contributed by atoms with Gasteiger partial charge in [-0.3, -0.25) is 4.79 Å². The number of rotatable bonds is 5. The lowest BCUT2D eigenvalue weighted by Crippen LogP contribution is -2.36. The number of hydrogen-bond acceptors (Lipinski definition) is 3. The number of carbonyl (C=O) groups is 1. The minimum atomic E-state index is -3.53. The fourth-order valence-electron chi connectivity index (χ4n) is 3.31. The molecule has 0 radical (unpaired) electrons. The summed E-state index contributed by atoms with van der Waals surface area (Å²) in [6.07, 6.45) is 5.09. The molecule has 0 bridgehead atoms. The molecule has 0 unspecified atom stereocenters. The van der Waals surface area contributed by atoms with Gasteiger partial charge in [0.25, 0.3) is 5.91 Å². The van der Waals surface area contributed by atoms with E-state index in [1.165, 1.54) is 18.6 Å². The Kier molecular flexibility index (Phi) is 5.97. The fraction of sp³-hybridized carbons (Fsp3) is 0.381. The van der Waals surface area contributed by atoms with Crippen LogP contribution in [0.4, 0.5) is 5.69 Å². The van der Waals surface area contributed by atoms with Crippen LogP contribution in [0, 0.1) is 13.8 Å². The Bertz CT molecular complexity index is 915. The monoisotopic (exact) mass is 386 g/mol. The summed E-state index contributed by atoms with van der Waals surface area (Å²) >= 11 is 0. The number of carbonyl (C=O) groups excluding carboxylic acids is 1. The third-order valence-electron chi connectivity index (χ3n) is 5.12. The zero-order valence-electron chi connectivity index (χ0n) is 15.8. The number of benzene rings is 2. The van der Waals surface area contributed by atoms with Crippen LogP contribution in [0.1, 0.15) is 53.6 Å². The van der Waals surface area contributed by atoms with Crippen LogP contribution in [0.25, 0.3) is 0 Å². The number of aryl methyl sites for hydroxylation is 2. The van der Waals surface area contributed by atoms with Gasteiger partial charge in [-0.2, -0.15) is 0 Å². The Morgan fingerprint density at radius 1 is 0.926 bits per heavy atom. The minimum Gasteiger partial charge on any atom is -0.322 e. The zero-order chi connectivity index (χ0) is 19.4. The van der Waals surface area contributed by atoms with Crippen molar-refractivity contribution in [2.24, 2.45) is 0 Å². The Hall–Kier alpha value is -2.18. The first-order valence-corrected chi connectivity index (χ1v) is 10.8. The molecule has 0 aliphatic heterocycles. The van der Waals surface area contributed by atoms with Crippen molar-refractivity contribution in [3.05, 3.63) is 59.2 Å². The minimum absolute atomic E-state index is 0.0212. The first-order chi connectivity index (χ1) is 12.8. The molecule has 3 rings (SSSR count). The van der Waals surface area contributed by atoms with E-state index in [1.807, 2.05) is 26.0 Å². The number of amides is 1. The van der Waals surface area contributed by atoms with Crippen LogP contribution in [-0.2, 0) is 10.0 Å². The highest BCUT2D eigenvalue weighted by atomic mass is 32.2. The first kappa shape index (κ1) is 19.6. The van der Waals surface area contributed by atoms with Crippen LogP contribution in [0.5, 0.6) is 0 Å². The number of sulfonamides is 1. The molecule has 5 nitrogen and oxygen atoms in total. The van der Waals surface area contributed by atoms with E-state index < -0.39 is 10.0 Å². The van der Waals surface area contributed by atoms with Crippen LogP contribution in [0.3, 0.4) is 0 Å². The van der Waals surface area contributed by atoms with E-state index in [0.29, 0.717) is 11.3 Å². The van der Waals surface area contributed by atoms with E-state index in [0.717, 1.165) is 36.8 Å². The number of anilines is 1. The second-order valence-electron chi connectivity index (χ2n) is 7.23. The highest BCUT2D eigenvalue weighted by Crippen LogP contribution is 2.21. The highest BCUT2D eigenvalue weighted by Gasteiger charge is 2.21. The van der Waals surface area contributed by atoms with Crippen LogP contribution >= 0.6 is 0 Å². The van der Waals surface area contributed by atoms with E-state index >= 15 is 0 Å². The van der Waals surface area contributed by atoms with Crippen molar-refractivity contribution in [3.63, 3.8) is 0 Å². The SMILES string of the molecule is Cc1ccc(C(=O)Nc2ccc(S(=O)(=O)NC3CCCCC3)cc2)cc1C. The topological polar surface area (TPSA) is 75.3 Å². The second-order valence-corrected chi connectivity index (χ2v) is 8.95. The van der Waals surface area contributed by atoms with Crippen molar-refractivity contribution >= 4 is 21.6 Å². The molecule has 27 heavy (non-hydrogen) atoms. The van der Waals surface area contributed by atoms with Crippen LogP contribution in [0.15, 0.2) is 47.4 Å². The maximum Gasteiger partial charge on any atom is 0.255 e. The van der Waals surface area contributed by atoms with Crippen molar-refractivity contribution < 1.29 is 13.2 Å². The van der Waals surface area contributed by atoms with Gasteiger partial charge in [0.15, 0.2) is 0 Å². The molecule has 2 N–H and O–H groups in total. The number of hydrogen-bond donors (Lipinski definition) is 2. The van der Waals surface area contributed by atoms with Gasteiger partial charge in [0.1, 0.15) is 0 Å². The molecule has 0 atom stereocenters. The van der Waals surface area contributed by atoms with Gasteiger partial charge in [-0.25, -0.2) is 13.1 Å². The average molecular weight is 387 g/mol. The third-order valence-corrected chi connectivity index (χ3v) is 6.65. The molecule has 1 saturated carbocycles. The van der Waals surface area contributed by atoms with Crippen molar-refractivity contribution in [3.8, 4) is 0 Å². The van der Waals surface area contributed by atoms with Crippen molar-refractivity contribution in [1.82, 2.24) is 4.72 Å². The molecule has 2 aromatic carbocycles. The van der Waals surface area contributed by atoms with Gasteiger partial charge in [-0.05, 0) is 74.2 Å². The standard InChI is InChI=1S/C21H26N2O3S/c1-15-8-9-17(14-16(15)2)21(24)22-18-10-12-20(13-11-18)27(25,26)23-19-6-4-3-5-7-19/h8-14,19,23H,3-7H2,1-2H3,(H,22,24). The summed E-state index contributed by atoms with van der Waals surface area (Å²) in [5, 5.41) is 2.81. The van der Waals surface area contributed by atoms with E-state index in [9.17, 15) is 13.2 Å². The first-order valence-electron chi connectivity index (χ1n) is 9.36. The molecule has 6 heteroatoms. The smallest absolute Gasteiger partial charge is 0.255 e. The lowest BCUT2D eigenvalue weighted by Gasteiger charge is -2.22. The van der Waals surface area contributed by atoms with E-state index in [1.54, 1.807) is 18.2 Å². The molecule has 1 amide bonds. The highest BCUT2D eigenvalue weighted by molar-refractivity contribution is 7.89. The lowest BCUT2D eigenvalue weighted by atomic mass is 9.96. The van der Waals surface area contributed by atoms with E-state index in [-0.39, 0.29) is 16.8 Å². The van der Waals surface area contributed by atoms with Gasteiger partial charge < -0.3 is 5.32 Å². The Morgan fingerprint density at radius 3 is 2.22 bits per heavy atom. The molecular formula is C21H26N2O3S. The van der Waals surface area contributed by atoms with E-state index in [2.05, 4.69) is 10.0 Å². The summed E-state index contributed by atoms with van der Waals surface area (Å²) in [6, 6.07) is 11.9. The van der Waals surface area contributed by atoms with Gasteiger partial charge in [-0.15, -0.1) is 0 Å². The molecular weight excluding hydrogens is 360 g/mol. The molecule has 0 saturated heterocycles. The molecule has 1 aliphatic carbocycles. The molecule has 0 spiro atoms. The summed E-state index contributed by atoms with van der Waals surface area (Å²) in [6.45, 7) is 3.96. The Labute approximate surface area is 161 Å². The fourth-order valence-corrected chi connectivity index (χ4v) is 4.62. The summed E-state index contributed by atoms with van der Waals surface area (Å²) in [5.41, 5.74) is 3.33. The van der Waals surface area contributed by atoms with Crippen molar-refractivity contribution in [1.29, 1.82) is 0 Å². The van der Waals surface area contributed by atoms with Gasteiger partial charge >= 0.3 is 0 Å². The molecule has 144 valence electrons. The summed E-state index contributed by atoms with van der Waals surface area (Å²) in [4.78, 5) is 12.6. The van der Waals surface area contributed by atoms with Crippen molar-refractivity contribution in [2.45, 2.75) is 56.9 Å². The molecule has 1 fully saturated rings. The van der Waals surface area contributed by atoms with Crippen molar-refractivity contribution in [2.75, 3.05) is 5.32 Å². The Morgan fingerprint density at radius 2 is 1.59 bits per heavy atom. The molecule has 1 aliphatic rings. The predicted octanol–water partition coefficient (Wildman–Crippen LogP) is 4.17. The normalized spacial score (nSPS) is 15.5. The predicted molar refractivity (Wildman–Crippen MR) is 108 cm³/mol. The van der Waals surface area contributed by atoms with Gasteiger partial charge in [0.05, 0.1) is 4.90 Å². The quantitative estimate of drug-likeness (QED) is 0.810. The maximum absolute atomic E-state index is 12.5. The third kappa shape index (κ3) is 4.96. The summed E-state index contributed by atoms with van der Waals surface area (Å²) < 4.78 is 27.8. The zero-order valence-corrected chi connectivity index (χ0v) is 16.6. The van der Waals surface area contributed by atoms with Crippen LogP contribution in [0.2, 0.25) is 0 Å². The summed E-state index contributed by atoms with van der Waals surface area (Å²) in [7, 11) is -3.53. The largest absolute Gasteiger partial charge is 0.322 e. The molecule has 2 aromatic rings. The van der Waals surface area contributed by atoms with Gasteiger partial charge in [0.2, 0.25) is 10.0 Å². The lowest BCUT2D eigenvalue weighted by molar-refractivity contribution is 0.102.